The number of Topliss-reactive ketones (excluding diaryl/α,β-unsaturated/α-hetero) is 1. The average molecular weight is 257 g/mol. The van der Waals surface area contributed by atoms with Gasteiger partial charge in [-0.15, -0.1) is 0 Å². The maximum absolute atomic E-state index is 12.2. The molecule has 0 aliphatic carbocycles. The molecule has 0 radical (unpaired) electrons. The molecule has 1 atom stereocenters. The van der Waals surface area contributed by atoms with E-state index >= 15 is 0 Å². The number of halogens is 1. The van der Waals surface area contributed by atoms with E-state index in [4.69, 9.17) is 18.2 Å². The predicted octanol–water partition coefficient (Wildman–Crippen LogP) is 3.58. The molecule has 0 amide bonds. The Morgan fingerprint density at radius 2 is 2.00 bits per heavy atom. The number of benzene rings is 1. The van der Waals surface area contributed by atoms with Crippen LogP contribution in [0.5, 0.6) is 0 Å². The molecule has 88 valence electrons. The number of pyridine rings is 1. The number of rotatable bonds is 3. The zero-order chi connectivity index (χ0) is 13.0. The summed E-state index contributed by atoms with van der Waals surface area (Å²) in [5.41, 5.74) is 1.09. The van der Waals surface area contributed by atoms with Crippen LogP contribution < -0.4 is 0 Å². The van der Waals surface area contributed by atoms with Crippen molar-refractivity contribution in [1.29, 1.82) is 0 Å². The molecule has 1 heterocycles. The van der Waals surface area contributed by atoms with E-state index in [1.54, 1.807) is 30.3 Å². The van der Waals surface area contributed by atoms with E-state index in [-0.39, 0.29) is 10.9 Å². The zero-order valence-electron chi connectivity index (χ0n) is 9.38. The summed E-state index contributed by atoms with van der Waals surface area (Å²) < 4.78 is 0. The first kappa shape index (κ1) is 12.3. The summed E-state index contributed by atoms with van der Waals surface area (Å²) in [6, 6.07) is 11.2. The molecule has 0 fully saturated rings. The lowest BCUT2D eigenvalue weighted by molar-refractivity contribution is 0.0975. The molecule has 0 saturated heterocycles. The smallest absolute Gasteiger partial charge is 0.300 e. The van der Waals surface area contributed by atoms with Gasteiger partial charge in [0.05, 0.1) is 0 Å². The van der Waals surface area contributed by atoms with Gasteiger partial charge >= 0.3 is 6.04 Å². The fourth-order valence-electron chi connectivity index (χ4n) is 1.63. The Hall–Kier alpha value is -2.18. The van der Waals surface area contributed by atoms with Gasteiger partial charge in [0.2, 0.25) is 5.78 Å². The van der Waals surface area contributed by atoms with E-state index in [9.17, 15) is 4.79 Å². The van der Waals surface area contributed by atoms with Crippen molar-refractivity contribution in [3.63, 3.8) is 0 Å². The van der Waals surface area contributed by atoms with Crippen molar-refractivity contribution in [2.75, 3.05) is 0 Å². The van der Waals surface area contributed by atoms with Crippen LogP contribution in [0.3, 0.4) is 0 Å². The van der Waals surface area contributed by atoms with Crippen LogP contribution in [0.1, 0.15) is 22.0 Å². The molecule has 0 saturated carbocycles. The second-order valence-electron chi connectivity index (χ2n) is 3.67. The molecular formula is C14H9ClN2O. The van der Waals surface area contributed by atoms with E-state index in [1.165, 1.54) is 12.3 Å². The van der Waals surface area contributed by atoms with Crippen LogP contribution in [0, 0.1) is 6.57 Å². The lowest BCUT2D eigenvalue weighted by atomic mass is 9.99. The Labute approximate surface area is 110 Å². The number of carbonyl (C=O) groups excluding carboxylic acids is 1. The van der Waals surface area contributed by atoms with Crippen molar-refractivity contribution in [3.05, 3.63) is 76.4 Å². The molecule has 3 nitrogen and oxygen atoms in total. The highest BCUT2D eigenvalue weighted by Crippen LogP contribution is 2.23. The van der Waals surface area contributed by atoms with Crippen molar-refractivity contribution in [1.82, 2.24) is 4.98 Å². The minimum atomic E-state index is -0.829. The molecule has 1 aromatic carbocycles. The fraction of sp³-hybridized carbons (Fsp3) is 0.0714. The van der Waals surface area contributed by atoms with Crippen LogP contribution in [0.4, 0.5) is 0 Å². The average Bonchev–Trinajstić information content (AvgIpc) is 2.41. The lowest BCUT2D eigenvalue weighted by Crippen LogP contribution is -2.09. The van der Waals surface area contributed by atoms with Crippen LogP contribution in [-0.2, 0) is 0 Å². The van der Waals surface area contributed by atoms with Gasteiger partial charge in [-0.3, -0.25) is 9.64 Å². The van der Waals surface area contributed by atoms with Gasteiger partial charge in [0, 0.05) is 17.3 Å². The van der Waals surface area contributed by atoms with Gasteiger partial charge in [0.25, 0.3) is 0 Å². The molecule has 1 aromatic heterocycles. The highest BCUT2D eigenvalue weighted by atomic mass is 35.5. The zero-order valence-corrected chi connectivity index (χ0v) is 10.1. The third-order valence-electron chi connectivity index (χ3n) is 2.50. The first-order valence-corrected chi connectivity index (χ1v) is 5.67. The number of ketones is 1. The second-order valence-corrected chi connectivity index (χ2v) is 4.06. The summed E-state index contributed by atoms with van der Waals surface area (Å²) in [7, 11) is 0. The first-order chi connectivity index (χ1) is 8.72. The lowest BCUT2D eigenvalue weighted by Gasteiger charge is -2.05. The maximum atomic E-state index is 12.2. The van der Waals surface area contributed by atoms with E-state index in [2.05, 4.69) is 9.83 Å². The number of nitrogens with zero attached hydrogens (tertiary/aromatic N) is 2. The van der Waals surface area contributed by atoms with Crippen LogP contribution >= 0.6 is 11.6 Å². The van der Waals surface area contributed by atoms with Gasteiger partial charge in [0.1, 0.15) is 5.15 Å². The van der Waals surface area contributed by atoms with Crippen LogP contribution in [0.15, 0.2) is 48.7 Å². The summed E-state index contributed by atoms with van der Waals surface area (Å²) in [6.07, 6.45) is 1.46. The Morgan fingerprint density at radius 1 is 1.28 bits per heavy atom. The summed E-state index contributed by atoms with van der Waals surface area (Å²) >= 11 is 5.74. The van der Waals surface area contributed by atoms with Gasteiger partial charge in [-0.1, -0.05) is 41.9 Å². The molecule has 0 aliphatic rings. The standard InChI is InChI=1S/C14H9ClN2O/c1-16-13(10-5-3-2-4-6-10)14(18)11-7-8-17-12(15)9-11/h2-9,13H. The highest BCUT2D eigenvalue weighted by molar-refractivity contribution is 6.29. The summed E-state index contributed by atoms with van der Waals surface area (Å²) in [5.74, 6) is -0.263. The van der Waals surface area contributed by atoms with Crippen LogP contribution in [-0.4, -0.2) is 10.8 Å². The number of hydrogen-bond acceptors (Lipinski definition) is 2. The SMILES string of the molecule is [C-]#[N+]C(C(=O)c1ccnc(Cl)c1)c1ccccc1. The maximum Gasteiger partial charge on any atom is 0.310 e. The Morgan fingerprint density at radius 3 is 2.61 bits per heavy atom. The molecule has 2 aromatic rings. The number of hydrogen-bond donors (Lipinski definition) is 0. The molecule has 0 spiro atoms. The normalized spacial score (nSPS) is 11.6. The first-order valence-electron chi connectivity index (χ1n) is 5.29. The fourth-order valence-corrected chi connectivity index (χ4v) is 1.81. The van der Waals surface area contributed by atoms with Crippen molar-refractivity contribution in [2.45, 2.75) is 6.04 Å². The Kier molecular flexibility index (Phi) is 3.71. The van der Waals surface area contributed by atoms with Gasteiger partial charge in [0.15, 0.2) is 0 Å². The Balaban J connectivity index is 2.36. The van der Waals surface area contributed by atoms with Crippen LogP contribution in [0.25, 0.3) is 4.85 Å². The van der Waals surface area contributed by atoms with Gasteiger partial charge in [-0.05, 0) is 12.1 Å². The minimum absolute atomic E-state index is 0.248. The summed E-state index contributed by atoms with van der Waals surface area (Å²) in [4.78, 5) is 19.4. The Bertz CT molecular complexity index is 605. The molecule has 4 heteroatoms. The van der Waals surface area contributed by atoms with Crippen molar-refractivity contribution < 1.29 is 4.79 Å². The number of aromatic nitrogens is 1. The monoisotopic (exact) mass is 256 g/mol. The summed E-state index contributed by atoms with van der Waals surface area (Å²) in [6.45, 7) is 7.19. The van der Waals surface area contributed by atoms with Crippen LogP contribution in [0.2, 0.25) is 5.15 Å². The molecule has 2 rings (SSSR count). The molecule has 0 N–H and O–H groups in total. The molecule has 1 unspecified atom stereocenters. The van der Waals surface area contributed by atoms with Crippen molar-refractivity contribution in [2.24, 2.45) is 0 Å². The second kappa shape index (κ2) is 5.44. The van der Waals surface area contributed by atoms with Crippen molar-refractivity contribution >= 4 is 17.4 Å². The molecule has 0 bridgehead atoms. The largest absolute Gasteiger partial charge is 0.310 e. The molecule has 0 aliphatic heterocycles. The third-order valence-corrected chi connectivity index (χ3v) is 2.71. The molecule has 18 heavy (non-hydrogen) atoms. The third kappa shape index (κ3) is 2.55. The van der Waals surface area contributed by atoms with E-state index in [0.29, 0.717) is 11.1 Å². The van der Waals surface area contributed by atoms with Gasteiger partial charge in [-0.25, -0.2) is 11.6 Å². The van der Waals surface area contributed by atoms with Crippen molar-refractivity contribution in [3.8, 4) is 0 Å². The van der Waals surface area contributed by atoms with E-state index in [0.717, 1.165) is 0 Å². The van der Waals surface area contributed by atoms with E-state index in [1.807, 2.05) is 6.07 Å². The van der Waals surface area contributed by atoms with Gasteiger partial charge < -0.3 is 0 Å². The van der Waals surface area contributed by atoms with Gasteiger partial charge in [-0.2, -0.15) is 0 Å². The predicted molar refractivity (Wildman–Crippen MR) is 69.4 cm³/mol. The highest BCUT2D eigenvalue weighted by Gasteiger charge is 2.26. The molecular weight excluding hydrogens is 248 g/mol. The summed E-state index contributed by atoms with van der Waals surface area (Å²) in [5, 5.41) is 0.248. The quantitative estimate of drug-likeness (QED) is 0.478. The topological polar surface area (TPSA) is 34.3 Å². The van der Waals surface area contributed by atoms with E-state index < -0.39 is 6.04 Å². The number of carbonyl (C=O) groups is 1. The minimum Gasteiger partial charge on any atom is -0.300 e.